The van der Waals surface area contributed by atoms with Gasteiger partial charge in [-0.05, 0) is 22.3 Å². The predicted octanol–water partition coefficient (Wildman–Crippen LogP) is 5.56. The highest BCUT2D eigenvalue weighted by molar-refractivity contribution is 7.86. The molecule has 0 aliphatic heterocycles. The van der Waals surface area contributed by atoms with Gasteiger partial charge in [0.05, 0.1) is 26.1 Å². The van der Waals surface area contributed by atoms with E-state index in [1.807, 2.05) is 121 Å². The van der Waals surface area contributed by atoms with Crippen LogP contribution in [-0.4, -0.2) is 34.0 Å². The Morgan fingerprint density at radius 2 is 1.06 bits per heavy atom. The van der Waals surface area contributed by atoms with E-state index in [1.54, 1.807) is 0 Å². The molecule has 0 spiro atoms. The van der Waals surface area contributed by atoms with Gasteiger partial charge in [0.1, 0.15) is 11.7 Å². The molecule has 0 aliphatic rings. The quantitative estimate of drug-likeness (QED) is 0.188. The molecule has 0 saturated carbocycles. The van der Waals surface area contributed by atoms with Crippen molar-refractivity contribution in [3.63, 3.8) is 0 Å². The molecule has 0 bridgehead atoms. The molecule has 5 nitrogen and oxygen atoms in total. The van der Waals surface area contributed by atoms with Crippen molar-refractivity contribution in [1.82, 2.24) is 0 Å². The van der Waals surface area contributed by atoms with Crippen LogP contribution in [0.25, 0.3) is 0 Å². The molecular formula is C30H30O5S. The summed E-state index contributed by atoms with van der Waals surface area (Å²) in [6, 6.07) is 39.4. The first-order valence-corrected chi connectivity index (χ1v) is 13.6. The van der Waals surface area contributed by atoms with E-state index in [0.29, 0.717) is 6.61 Å². The Morgan fingerprint density at radius 3 is 1.47 bits per heavy atom. The molecule has 1 atom stereocenters. The maximum Gasteiger partial charge on any atom is 0.264 e. The van der Waals surface area contributed by atoms with Gasteiger partial charge in [-0.25, -0.2) is 0 Å². The molecule has 0 amide bonds. The predicted molar refractivity (Wildman–Crippen MR) is 141 cm³/mol. The van der Waals surface area contributed by atoms with E-state index in [-0.39, 0.29) is 13.2 Å². The molecular weight excluding hydrogens is 472 g/mol. The van der Waals surface area contributed by atoms with Crippen LogP contribution < -0.4 is 0 Å². The van der Waals surface area contributed by atoms with Gasteiger partial charge in [-0.15, -0.1) is 0 Å². The summed E-state index contributed by atoms with van der Waals surface area (Å²) < 4.78 is 42.1. The van der Waals surface area contributed by atoms with Crippen molar-refractivity contribution in [1.29, 1.82) is 0 Å². The normalized spacial score (nSPS) is 12.8. The zero-order chi connectivity index (χ0) is 25.3. The molecule has 0 fully saturated rings. The van der Waals surface area contributed by atoms with Crippen molar-refractivity contribution >= 4 is 10.1 Å². The van der Waals surface area contributed by atoms with Crippen LogP contribution in [0.5, 0.6) is 0 Å². The first-order chi connectivity index (χ1) is 17.5. The molecule has 0 aromatic heterocycles. The number of rotatable bonds is 12. The van der Waals surface area contributed by atoms with Gasteiger partial charge in [-0.2, -0.15) is 8.42 Å². The van der Waals surface area contributed by atoms with E-state index >= 15 is 0 Å². The van der Waals surface area contributed by atoms with Crippen LogP contribution >= 0.6 is 0 Å². The third kappa shape index (κ3) is 6.68. The molecule has 4 rings (SSSR count). The maximum absolute atomic E-state index is 12.1. The molecule has 0 N–H and O–H groups in total. The molecule has 6 heteroatoms. The molecule has 4 aromatic rings. The average Bonchev–Trinajstić information content (AvgIpc) is 2.90. The van der Waals surface area contributed by atoms with E-state index in [4.69, 9.17) is 13.7 Å². The lowest BCUT2D eigenvalue weighted by Crippen LogP contribution is -2.38. The SMILES string of the molecule is CS(=O)(=O)O[C@H](COCc1ccccc1)COC(c1ccccc1)(c1ccccc1)c1ccccc1. The highest BCUT2D eigenvalue weighted by Gasteiger charge is 2.38. The Kier molecular flexibility index (Phi) is 8.67. The molecule has 0 heterocycles. The fourth-order valence-electron chi connectivity index (χ4n) is 4.22. The lowest BCUT2D eigenvalue weighted by Gasteiger charge is -2.37. The third-order valence-corrected chi connectivity index (χ3v) is 6.37. The van der Waals surface area contributed by atoms with Gasteiger partial charge in [0, 0.05) is 0 Å². The maximum atomic E-state index is 12.1. The summed E-state index contributed by atoms with van der Waals surface area (Å²) in [6.45, 7) is 0.378. The van der Waals surface area contributed by atoms with Gasteiger partial charge in [0.15, 0.2) is 0 Å². The second kappa shape index (κ2) is 12.1. The van der Waals surface area contributed by atoms with E-state index in [9.17, 15) is 8.42 Å². The Morgan fingerprint density at radius 1 is 0.639 bits per heavy atom. The number of hydrogen-bond acceptors (Lipinski definition) is 5. The molecule has 0 radical (unpaired) electrons. The standard InChI is InChI=1S/C30H30O5S/c1-36(31,32)35-29(23-33-22-25-14-6-2-7-15-25)24-34-30(26-16-8-3-9-17-26,27-18-10-4-11-19-27)28-20-12-5-13-21-28/h2-21,29H,22-24H2,1H3/t29-/m1/s1. The molecule has 36 heavy (non-hydrogen) atoms. The van der Waals surface area contributed by atoms with Crippen LogP contribution in [0.1, 0.15) is 22.3 Å². The van der Waals surface area contributed by atoms with Crippen LogP contribution in [0.3, 0.4) is 0 Å². The second-order valence-corrected chi connectivity index (χ2v) is 10.1. The summed E-state index contributed by atoms with van der Waals surface area (Å²) in [5.41, 5.74) is 2.77. The minimum absolute atomic E-state index is 0.0134. The lowest BCUT2D eigenvalue weighted by molar-refractivity contribution is -0.0553. The highest BCUT2D eigenvalue weighted by atomic mass is 32.2. The van der Waals surface area contributed by atoms with Crippen molar-refractivity contribution in [3.05, 3.63) is 144 Å². The Hall–Kier alpha value is -3.29. The third-order valence-electron chi connectivity index (χ3n) is 5.75. The van der Waals surface area contributed by atoms with Crippen molar-refractivity contribution in [2.75, 3.05) is 19.5 Å². The van der Waals surface area contributed by atoms with Crippen LogP contribution in [0.15, 0.2) is 121 Å². The van der Waals surface area contributed by atoms with Crippen LogP contribution in [0.2, 0.25) is 0 Å². The molecule has 0 unspecified atom stereocenters. The van der Waals surface area contributed by atoms with Crippen LogP contribution in [0.4, 0.5) is 0 Å². The molecule has 0 aliphatic carbocycles. The number of benzene rings is 4. The monoisotopic (exact) mass is 502 g/mol. The van der Waals surface area contributed by atoms with Gasteiger partial charge < -0.3 is 9.47 Å². The second-order valence-electron chi connectivity index (χ2n) is 8.51. The number of hydrogen-bond donors (Lipinski definition) is 0. The topological polar surface area (TPSA) is 61.8 Å². The van der Waals surface area contributed by atoms with Crippen molar-refractivity contribution < 1.29 is 22.1 Å². The summed E-state index contributed by atoms with van der Waals surface area (Å²) in [4.78, 5) is 0. The first kappa shape index (κ1) is 25.8. The zero-order valence-corrected chi connectivity index (χ0v) is 21.0. The average molecular weight is 503 g/mol. The van der Waals surface area contributed by atoms with Crippen LogP contribution in [0, 0.1) is 0 Å². The molecule has 186 valence electrons. The van der Waals surface area contributed by atoms with Gasteiger partial charge >= 0.3 is 0 Å². The summed E-state index contributed by atoms with van der Waals surface area (Å²) in [5.74, 6) is 0. The van der Waals surface area contributed by atoms with E-state index in [0.717, 1.165) is 28.5 Å². The smallest absolute Gasteiger partial charge is 0.264 e. The van der Waals surface area contributed by atoms with Gasteiger partial charge in [0.2, 0.25) is 0 Å². The van der Waals surface area contributed by atoms with E-state index in [1.165, 1.54) is 0 Å². The Labute approximate surface area is 213 Å². The van der Waals surface area contributed by atoms with Crippen molar-refractivity contribution in [2.45, 2.75) is 18.3 Å². The van der Waals surface area contributed by atoms with Crippen molar-refractivity contribution in [3.8, 4) is 0 Å². The summed E-state index contributed by atoms with van der Waals surface area (Å²) in [7, 11) is -3.74. The van der Waals surface area contributed by atoms with E-state index < -0.39 is 21.8 Å². The lowest BCUT2D eigenvalue weighted by atomic mass is 9.80. The Balaban J connectivity index is 1.67. The highest BCUT2D eigenvalue weighted by Crippen LogP contribution is 2.40. The summed E-state index contributed by atoms with van der Waals surface area (Å²) in [5, 5.41) is 0. The minimum atomic E-state index is -3.74. The van der Waals surface area contributed by atoms with Gasteiger partial charge in [0.25, 0.3) is 10.1 Å². The van der Waals surface area contributed by atoms with Gasteiger partial charge in [-0.3, -0.25) is 4.18 Å². The fraction of sp³-hybridized carbons (Fsp3) is 0.200. The largest absolute Gasteiger partial charge is 0.374 e. The zero-order valence-electron chi connectivity index (χ0n) is 20.2. The Bertz CT molecular complexity index is 1200. The number of ether oxygens (including phenoxy) is 2. The van der Waals surface area contributed by atoms with Crippen LogP contribution in [-0.2, 0) is 36.0 Å². The molecule has 4 aromatic carbocycles. The summed E-state index contributed by atoms with van der Waals surface area (Å²) in [6.07, 6.45) is 0.204. The minimum Gasteiger partial charge on any atom is -0.374 e. The summed E-state index contributed by atoms with van der Waals surface area (Å²) >= 11 is 0. The van der Waals surface area contributed by atoms with Gasteiger partial charge in [-0.1, -0.05) is 121 Å². The fourth-order valence-corrected chi connectivity index (χ4v) is 4.83. The first-order valence-electron chi connectivity index (χ1n) is 11.8. The van der Waals surface area contributed by atoms with E-state index in [2.05, 4.69) is 0 Å². The molecule has 0 saturated heterocycles. The van der Waals surface area contributed by atoms with Crippen molar-refractivity contribution in [2.24, 2.45) is 0 Å².